The maximum atomic E-state index is 13.0. The van der Waals surface area contributed by atoms with Gasteiger partial charge in [-0.3, -0.25) is 0 Å². The van der Waals surface area contributed by atoms with Crippen molar-refractivity contribution < 1.29 is 4.39 Å². The highest BCUT2D eigenvalue weighted by atomic mass is 19.1. The number of halogens is 1. The van der Waals surface area contributed by atoms with Gasteiger partial charge in [0.1, 0.15) is 5.82 Å². The molecule has 1 aliphatic rings. The van der Waals surface area contributed by atoms with Gasteiger partial charge >= 0.3 is 0 Å². The summed E-state index contributed by atoms with van der Waals surface area (Å²) >= 11 is 0. The lowest BCUT2D eigenvalue weighted by atomic mass is 9.73. The zero-order chi connectivity index (χ0) is 13.0. The normalized spacial score (nSPS) is 25.9. The van der Waals surface area contributed by atoms with Crippen molar-refractivity contribution in [2.24, 2.45) is 11.8 Å². The summed E-state index contributed by atoms with van der Waals surface area (Å²) in [4.78, 5) is 0. The van der Waals surface area contributed by atoms with Crippen LogP contribution in [0.15, 0.2) is 24.3 Å². The van der Waals surface area contributed by atoms with Crippen LogP contribution >= 0.6 is 0 Å². The molecular formula is C16H24FN. The average Bonchev–Trinajstić information content (AvgIpc) is 2.40. The summed E-state index contributed by atoms with van der Waals surface area (Å²) < 4.78 is 13.0. The second-order valence-electron chi connectivity index (χ2n) is 5.58. The molecule has 3 unspecified atom stereocenters. The Morgan fingerprint density at radius 2 is 2.06 bits per heavy atom. The first-order valence-corrected chi connectivity index (χ1v) is 7.18. The van der Waals surface area contributed by atoms with Gasteiger partial charge in [-0.2, -0.15) is 0 Å². The minimum Gasteiger partial charge on any atom is -0.316 e. The Morgan fingerprint density at radius 1 is 1.33 bits per heavy atom. The van der Waals surface area contributed by atoms with Gasteiger partial charge in [0.2, 0.25) is 0 Å². The molecule has 0 aliphatic carbocycles. The summed E-state index contributed by atoms with van der Waals surface area (Å²) in [6.45, 7) is 6.78. The molecule has 2 heteroatoms. The van der Waals surface area contributed by atoms with E-state index in [1.807, 2.05) is 12.1 Å². The molecule has 0 saturated carbocycles. The first-order valence-electron chi connectivity index (χ1n) is 7.18. The van der Waals surface area contributed by atoms with Gasteiger partial charge < -0.3 is 5.32 Å². The fraction of sp³-hybridized carbons (Fsp3) is 0.625. The highest BCUT2D eigenvalue weighted by molar-refractivity contribution is 5.22. The standard InChI is InChI=1S/C16H24FN/c1-3-4-12(2)15-9-10-18-11-16(15)13-5-7-14(17)8-6-13/h5-8,12,15-16,18H,3-4,9-11H2,1-2H3. The molecule has 18 heavy (non-hydrogen) atoms. The van der Waals surface area contributed by atoms with E-state index < -0.39 is 0 Å². The predicted molar refractivity (Wildman–Crippen MR) is 74.2 cm³/mol. The van der Waals surface area contributed by atoms with Crippen molar-refractivity contribution in [1.29, 1.82) is 0 Å². The molecule has 1 saturated heterocycles. The molecule has 1 nitrogen and oxygen atoms in total. The van der Waals surface area contributed by atoms with Gasteiger partial charge in [-0.05, 0) is 48.4 Å². The Labute approximate surface area is 110 Å². The maximum absolute atomic E-state index is 13.0. The lowest BCUT2D eigenvalue weighted by Gasteiger charge is -2.36. The number of rotatable bonds is 4. The Balaban J connectivity index is 2.14. The Hall–Kier alpha value is -0.890. The molecule has 1 aromatic carbocycles. The molecule has 1 aliphatic heterocycles. The second-order valence-corrected chi connectivity index (χ2v) is 5.58. The van der Waals surface area contributed by atoms with Crippen molar-refractivity contribution in [1.82, 2.24) is 5.32 Å². The molecule has 1 heterocycles. The molecule has 1 fully saturated rings. The van der Waals surface area contributed by atoms with E-state index in [0.29, 0.717) is 5.92 Å². The zero-order valence-electron chi connectivity index (χ0n) is 11.5. The van der Waals surface area contributed by atoms with Crippen LogP contribution in [0.5, 0.6) is 0 Å². The summed E-state index contributed by atoms with van der Waals surface area (Å²) in [7, 11) is 0. The van der Waals surface area contributed by atoms with Gasteiger partial charge in [-0.1, -0.05) is 38.8 Å². The lowest BCUT2D eigenvalue weighted by Crippen LogP contribution is -2.37. The van der Waals surface area contributed by atoms with Crippen LogP contribution in [0.1, 0.15) is 44.6 Å². The van der Waals surface area contributed by atoms with E-state index in [0.717, 1.165) is 24.9 Å². The summed E-state index contributed by atoms with van der Waals surface area (Å²) in [6, 6.07) is 7.09. The number of piperidine rings is 1. The van der Waals surface area contributed by atoms with E-state index in [2.05, 4.69) is 19.2 Å². The maximum Gasteiger partial charge on any atom is 0.123 e. The van der Waals surface area contributed by atoms with Gasteiger partial charge in [0.25, 0.3) is 0 Å². The van der Waals surface area contributed by atoms with Crippen LogP contribution in [0.3, 0.4) is 0 Å². The number of benzene rings is 1. The molecule has 3 atom stereocenters. The van der Waals surface area contributed by atoms with E-state index in [-0.39, 0.29) is 5.82 Å². The van der Waals surface area contributed by atoms with Crippen molar-refractivity contribution in [3.63, 3.8) is 0 Å². The van der Waals surface area contributed by atoms with E-state index in [1.54, 1.807) is 12.1 Å². The van der Waals surface area contributed by atoms with Crippen molar-refractivity contribution >= 4 is 0 Å². The molecular weight excluding hydrogens is 225 g/mol. The van der Waals surface area contributed by atoms with Gasteiger partial charge in [-0.15, -0.1) is 0 Å². The third kappa shape index (κ3) is 3.11. The monoisotopic (exact) mass is 249 g/mol. The highest BCUT2D eigenvalue weighted by Crippen LogP contribution is 2.36. The smallest absolute Gasteiger partial charge is 0.123 e. The summed E-state index contributed by atoms with van der Waals surface area (Å²) in [5.74, 6) is 1.89. The molecule has 100 valence electrons. The largest absolute Gasteiger partial charge is 0.316 e. The minimum absolute atomic E-state index is 0.138. The fourth-order valence-corrected chi connectivity index (χ4v) is 3.30. The summed E-state index contributed by atoms with van der Waals surface area (Å²) in [6.07, 6.45) is 3.78. The first kappa shape index (κ1) is 13.5. The van der Waals surface area contributed by atoms with E-state index in [4.69, 9.17) is 0 Å². The SMILES string of the molecule is CCCC(C)C1CCNCC1c1ccc(F)cc1. The van der Waals surface area contributed by atoms with Crippen LogP contribution in [0, 0.1) is 17.7 Å². The minimum atomic E-state index is -0.138. The lowest BCUT2D eigenvalue weighted by molar-refractivity contribution is 0.227. The number of nitrogens with one attached hydrogen (secondary N) is 1. The Bertz CT molecular complexity index is 360. The molecule has 0 aromatic heterocycles. The molecule has 0 spiro atoms. The van der Waals surface area contributed by atoms with Crippen LogP contribution < -0.4 is 5.32 Å². The predicted octanol–water partition coefficient (Wildman–Crippen LogP) is 3.96. The van der Waals surface area contributed by atoms with Crippen molar-refractivity contribution in [3.05, 3.63) is 35.6 Å². The topological polar surface area (TPSA) is 12.0 Å². The van der Waals surface area contributed by atoms with Crippen LogP contribution in [-0.2, 0) is 0 Å². The molecule has 0 radical (unpaired) electrons. The van der Waals surface area contributed by atoms with Gasteiger partial charge in [0.15, 0.2) is 0 Å². The van der Waals surface area contributed by atoms with Crippen molar-refractivity contribution in [3.8, 4) is 0 Å². The van der Waals surface area contributed by atoms with Crippen LogP contribution in [0.2, 0.25) is 0 Å². The summed E-state index contributed by atoms with van der Waals surface area (Å²) in [5.41, 5.74) is 1.29. The van der Waals surface area contributed by atoms with Crippen LogP contribution in [0.25, 0.3) is 0 Å². The van der Waals surface area contributed by atoms with Gasteiger partial charge in [-0.25, -0.2) is 4.39 Å². The second kappa shape index (κ2) is 6.33. The number of hydrogen-bond acceptors (Lipinski definition) is 1. The Morgan fingerprint density at radius 3 is 2.72 bits per heavy atom. The van der Waals surface area contributed by atoms with E-state index in [1.165, 1.54) is 24.8 Å². The van der Waals surface area contributed by atoms with Crippen molar-refractivity contribution in [2.75, 3.05) is 13.1 Å². The van der Waals surface area contributed by atoms with Crippen molar-refractivity contribution in [2.45, 2.75) is 39.0 Å². The Kier molecular flexibility index (Phi) is 4.76. The van der Waals surface area contributed by atoms with Gasteiger partial charge in [0.05, 0.1) is 0 Å². The van der Waals surface area contributed by atoms with E-state index in [9.17, 15) is 4.39 Å². The summed E-state index contributed by atoms with van der Waals surface area (Å²) in [5, 5.41) is 3.48. The highest BCUT2D eigenvalue weighted by Gasteiger charge is 2.29. The average molecular weight is 249 g/mol. The number of hydrogen-bond donors (Lipinski definition) is 1. The van der Waals surface area contributed by atoms with Gasteiger partial charge in [0, 0.05) is 6.54 Å². The molecule has 0 amide bonds. The third-order valence-corrected chi connectivity index (χ3v) is 4.31. The van der Waals surface area contributed by atoms with Crippen LogP contribution in [0.4, 0.5) is 4.39 Å². The third-order valence-electron chi connectivity index (χ3n) is 4.31. The fourth-order valence-electron chi connectivity index (χ4n) is 3.30. The quantitative estimate of drug-likeness (QED) is 0.852. The van der Waals surface area contributed by atoms with Crippen LogP contribution in [-0.4, -0.2) is 13.1 Å². The molecule has 1 N–H and O–H groups in total. The first-order chi connectivity index (χ1) is 8.72. The zero-order valence-corrected chi connectivity index (χ0v) is 11.5. The molecule has 0 bridgehead atoms. The molecule has 2 rings (SSSR count). The van der Waals surface area contributed by atoms with E-state index >= 15 is 0 Å². The molecule has 1 aromatic rings.